The van der Waals surface area contributed by atoms with E-state index in [1.807, 2.05) is 0 Å². The molecule has 1 aromatic heterocycles. The molecule has 0 radical (unpaired) electrons. The lowest BCUT2D eigenvalue weighted by molar-refractivity contribution is -0.143. The van der Waals surface area contributed by atoms with Crippen molar-refractivity contribution in [3.8, 4) is 10.6 Å². The molecule has 0 spiro atoms. The summed E-state index contributed by atoms with van der Waals surface area (Å²) in [6.45, 7) is 3.48. The minimum absolute atomic E-state index is 0.0121. The highest BCUT2D eigenvalue weighted by Gasteiger charge is 2.23. The van der Waals surface area contributed by atoms with Crippen LogP contribution in [0.2, 0.25) is 10.0 Å². The first kappa shape index (κ1) is 18.7. The summed E-state index contributed by atoms with van der Waals surface area (Å²) >= 11 is 13.4. The highest BCUT2D eigenvalue weighted by Crippen LogP contribution is 2.32. The van der Waals surface area contributed by atoms with Crippen LogP contribution in [-0.2, 0) is 16.0 Å². The van der Waals surface area contributed by atoms with E-state index in [-0.39, 0.29) is 18.2 Å². The first-order valence-corrected chi connectivity index (χ1v) is 8.83. The van der Waals surface area contributed by atoms with Gasteiger partial charge in [0, 0.05) is 16.0 Å². The fraction of sp³-hybridized carbons (Fsp3) is 0.312. The van der Waals surface area contributed by atoms with Gasteiger partial charge in [0.15, 0.2) is 0 Å². The molecule has 1 amide bonds. The molecule has 1 heterocycles. The van der Waals surface area contributed by atoms with E-state index in [0.717, 1.165) is 5.56 Å². The SMILES string of the molecule is CC(C)C(NC(=O)Cc1csc(-c2ccc(Cl)cc2Cl)n1)C(=O)O. The van der Waals surface area contributed by atoms with Crippen molar-refractivity contribution in [1.82, 2.24) is 10.3 Å². The molecule has 2 aromatic rings. The molecule has 0 aliphatic carbocycles. The number of aromatic nitrogens is 1. The normalized spacial score (nSPS) is 12.2. The van der Waals surface area contributed by atoms with E-state index in [1.54, 1.807) is 37.4 Å². The Morgan fingerprint density at radius 1 is 1.33 bits per heavy atom. The Morgan fingerprint density at radius 2 is 2.04 bits per heavy atom. The van der Waals surface area contributed by atoms with Crippen LogP contribution in [0.5, 0.6) is 0 Å². The quantitative estimate of drug-likeness (QED) is 0.788. The number of carboxylic acids is 1. The van der Waals surface area contributed by atoms with Crippen molar-refractivity contribution in [3.63, 3.8) is 0 Å². The summed E-state index contributed by atoms with van der Waals surface area (Å²) in [6.07, 6.45) is 0.0121. The Hall–Kier alpha value is -1.63. The van der Waals surface area contributed by atoms with E-state index >= 15 is 0 Å². The number of aliphatic carboxylic acids is 1. The molecular formula is C16H16Cl2N2O3S. The number of carboxylic acid groups (broad SMARTS) is 1. The van der Waals surface area contributed by atoms with Gasteiger partial charge in [-0.25, -0.2) is 9.78 Å². The van der Waals surface area contributed by atoms with Crippen LogP contribution in [0.3, 0.4) is 0 Å². The molecule has 1 aromatic carbocycles. The van der Waals surface area contributed by atoms with Crippen molar-refractivity contribution in [3.05, 3.63) is 39.3 Å². The minimum atomic E-state index is -1.05. The third-order valence-corrected chi connectivity index (χ3v) is 4.78. The monoisotopic (exact) mass is 386 g/mol. The molecule has 128 valence electrons. The zero-order valence-corrected chi connectivity index (χ0v) is 15.4. The van der Waals surface area contributed by atoms with Crippen molar-refractivity contribution < 1.29 is 14.7 Å². The van der Waals surface area contributed by atoms with Gasteiger partial charge < -0.3 is 10.4 Å². The topological polar surface area (TPSA) is 79.3 Å². The first-order chi connectivity index (χ1) is 11.3. The lowest BCUT2D eigenvalue weighted by atomic mass is 10.0. The second kappa shape index (κ2) is 7.96. The average molecular weight is 387 g/mol. The smallest absolute Gasteiger partial charge is 0.326 e. The summed E-state index contributed by atoms with van der Waals surface area (Å²) in [6, 6.07) is 4.21. The molecule has 0 fully saturated rings. The number of carbonyl (C=O) groups is 2. The molecule has 1 atom stereocenters. The van der Waals surface area contributed by atoms with Crippen LogP contribution in [0.15, 0.2) is 23.6 Å². The highest BCUT2D eigenvalue weighted by molar-refractivity contribution is 7.13. The van der Waals surface area contributed by atoms with Gasteiger partial charge in [-0.1, -0.05) is 37.0 Å². The summed E-state index contributed by atoms with van der Waals surface area (Å²) in [4.78, 5) is 27.6. The zero-order valence-electron chi connectivity index (χ0n) is 13.0. The number of benzene rings is 1. The average Bonchev–Trinajstić information content (AvgIpc) is 2.92. The Balaban J connectivity index is 2.08. The first-order valence-electron chi connectivity index (χ1n) is 7.20. The van der Waals surface area contributed by atoms with Crippen molar-refractivity contribution in [2.45, 2.75) is 26.3 Å². The van der Waals surface area contributed by atoms with Crippen molar-refractivity contribution in [2.75, 3.05) is 0 Å². The lowest BCUT2D eigenvalue weighted by Crippen LogP contribution is -2.44. The van der Waals surface area contributed by atoms with Gasteiger partial charge >= 0.3 is 5.97 Å². The summed E-state index contributed by atoms with van der Waals surface area (Å²) in [7, 11) is 0. The summed E-state index contributed by atoms with van der Waals surface area (Å²) in [5, 5.41) is 15.1. The molecule has 2 N–H and O–H groups in total. The number of nitrogens with zero attached hydrogens (tertiary/aromatic N) is 1. The molecule has 0 saturated carbocycles. The van der Waals surface area contributed by atoms with Crippen LogP contribution in [0, 0.1) is 5.92 Å². The summed E-state index contributed by atoms with van der Waals surface area (Å²) in [5.74, 6) is -1.63. The Kier molecular flexibility index (Phi) is 6.21. The van der Waals surface area contributed by atoms with E-state index < -0.39 is 12.0 Å². The maximum atomic E-state index is 12.0. The third-order valence-electron chi connectivity index (χ3n) is 3.30. The van der Waals surface area contributed by atoms with E-state index in [1.165, 1.54) is 11.3 Å². The van der Waals surface area contributed by atoms with Crippen LogP contribution in [0.1, 0.15) is 19.5 Å². The highest BCUT2D eigenvalue weighted by atomic mass is 35.5. The molecule has 0 aliphatic heterocycles. The molecule has 5 nitrogen and oxygen atoms in total. The van der Waals surface area contributed by atoms with Crippen LogP contribution >= 0.6 is 34.5 Å². The number of carbonyl (C=O) groups excluding carboxylic acids is 1. The molecule has 24 heavy (non-hydrogen) atoms. The second-order valence-electron chi connectivity index (χ2n) is 5.57. The Morgan fingerprint density at radius 3 is 2.62 bits per heavy atom. The Labute approximate surface area is 153 Å². The zero-order chi connectivity index (χ0) is 17.9. The van der Waals surface area contributed by atoms with Gasteiger partial charge in [0.2, 0.25) is 5.91 Å². The van der Waals surface area contributed by atoms with E-state index in [9.17, 15) is 9.59 Å². The number of thiazole rings is 1. The number of hydrogen-bond donors (Lipinski definition) is 2. The molecule has 1 unspecified atom stereocenters. The molecule has 0 saturated heterocycles. The van der Waals surface area contributed by atoms with Gasteiger partial charge in [0.05, 0.1) is 17.1 Å². The van der Waals surface area contributed by atoms with Gasteiger partial charge in [-0.15, -0.1) is 11.3 Å². The summed E-state index contributed by atoms with van der Waals surface area (Å²) < 4.78 is 0. The Bertz CT molecular complexity index is 762. The fourth-order valence-electron chi connectivity index (χ4n) is 2.08. The maximum Gasteiger partial charge on any atom is 0.326 e. The van der Waals surface area contributed by atoms with Crippen LogP contribution in [-0.4, -0.2) is 28.0 Å². The van der Waals surface area contributed by atoms with Crippen molar-refractivity contribution in [2.24, 2.45) is 5.92 Å². The standard InChI is InChI=1S/C16H16Cl2N2O3S/c1-8(2)14(16(22)23)20-13(21)6-10-7-24-15(19-10)11-4-3-9(17)5-12(11)18/h3-5,7-8,14H,6H2,1-2H3,(H,20,21)(H,22,23). The van der Waals surface area contributed by atoms with Gasteiger partial charge in [-0.05, 0) is 24.1 Å². The van der Waals surface area contributed by atoms with Crippen LogP contribution < -0.4 is 5.32 Å². The lowest BCUT2D eigenvalue weighted by Gasteiger charge is -2.17. The van der Waals surface area contributed by atoms with Gasteiger partial charge in [0.1, 0.15) is 11.0 Å². The fourth-order valence-corrected chi connectivity index (χ4v) is 3.49. The predicted molar refractivity (Wildman–Crippen MR) is 95.7 cm³/mol. The second-order valence-corrected chi connectivity index (χ2v) is 7.27. The van der Waals surface area contributed by atoms with E-state index in [2.05, 4.69) is 10.3 Å². The van der Waals surface area contributed by atoms with Gasteiger partial charge in [0.25, 0.3) is 0 Å². The molecule has 2 rings (SSSR count). The van der Waals surface area contributed by atoms with E-state index in [4.69, 9.17) is 28.3 Å². The molecule has 0 bridgehead atoms. The van der Waals surface area contributed by atoms with Crippen LogP contribution in [0.4, 0.5) is 0 Å². The number of hydrogen-bond acceptors (Lipinski definition) is 4. The van der Waals surface area contributed by atoms with Crippen molar-refractivity contribution in [1.29, 1.82) is 0 Å². The summed E-state index contributed by atoms with van der Waals surface area (Å²) in [5.41, 5.74) is 1.30. The number of amides is 1. The van der Waals surface area contributed by atoms with Gasteiger partial charge in [-0.3, -0.25) is 4.79 Å². The largest absolute Gasteiger partial charge is 0.480 e. The number of halogens is 2. The molecular weight excluding hydrogens is 371 g/mol. The molecule has 0 aliphatic rings. The third kappa shape index (κ3) is 4.69. The molecule has 8 heteroatoms. The van der Waals surface area contributed by atoms with Crippen LogP contribution in [0.25, 0.3) is 10.6 Å². The van der Waals surface area contributed by atoms with E-state index in [0.29, 0.717) is 20.7 Å². The van der Waals surface area contributed by atoms with Gasteiger partial charge in [-0.2, -0.15) is 0 Å². The number of nitrogens with one attached hydrogen (secondary N) is 1. The predicted octanol–water partition coefficient (Wildman–Crippen LogP) is 3.88. The number of rotatable bonds is 6. The minimum Gasteiger partial charge on any atom is -0.480 e. The van der Waals surface area contributed by atoms with Crippen molar-refractivity contribution >= 4 is 46.4 Å². The maximum absolute atomic E-state index is 12.0.